The van der Waals surface area contributed by atoms with Gasteiger partial charge in [0.2, 0.25) is 5.89 Å². The van der Waals surface area contributed by atoms with Crippen LogP contribution in [0.25, 0.3) is 0 Å². The van der Waals surface area contributed by atoms with Crippen molar-refractivity contribution in [3.05, 3.63) is 11.7 Å². The molecular weight excluding hydrogens is 246 g/mol. The summed E-state index contributed by atoms with van der Waals surface area (Å²) in [5.74, 6) is 1.33. The van der Waals surface area contributed by atoms with Gasteiger partial charge >= 0.3 is 5.97 Å². The van der Waals surface area contributed by atoms with E-state index in [1.54, 1.807) is 0 Å². The van der Waals surface area contributed by atoms with Crippen LogP contribution in [0, 0.1) is 11.8 Å². The van der Waals surface area contributed by atoms with Crippen LogP contribution >= 0.6 is 0 Å². The number of hydrogen-bond acceptors (Lipinski definition) is 5. The van der Waals surface area contributed by atoms with Crippen LogP contribution in [0.5, 0.6) is 0 Å². The Morgan fingerprint density at radius 2 is 2.37 bits per heavy atom. The summed E-state index contributed by atoms with van der Waals surface area (Å²) in [7, 11) is 0. The predicted octanol–water partition coefficient (Wildman–Crippen LogP) is 1.32. The lowest BCUT2D eigenvalue weighted by Gasteiger charge is -2.22. The number of carbonyl (C=O) groups is 1. The summed E-state index contributed by atoms with van der Waals surface area (Å²) in [6.07, 6.45) is 4.05. The number of rotatable bonds is 4. The molecule has 2 aliphatic rings. The molecule has 0 aromatic carbocycles. The number of nitrogens with zero attached hydrogens (tertiary/aromatic N) is 3. The first-order valence-corrected chi connectivity index (χ1v) is 6.97. The molecule has 19 heavy (non-hydrogen) atoms. The highest BCUT2D eigenvalue weighted by atomic mass is 16.5. The van der Waals surface area contributed by atoms with Gasteiger partial charge < -0.3 is 9.63 Å². The smallest absolute Gasteiger partial charge is 0.321 e. The molecule has 3 atom stereocenters. The van der Waals surface area contributed by atoms with Crippen molar-refractivity contribution in [3.8, 4) is 0 Å². The van der Waals surface area contributed by atoms with Crippen LogP contribution in [0.4, 0.5) is 0 Å². The SMILES string of the molecule is CCc1nc(CN2CC3CCCC3C2C(=O)O)no1. The van der Waals surface area contributed by atoms with Crippen LogP contribution in [0.1, 0.15) is 37.9 Å². The maximum Gasteiger partial charge on any atom is 0.321 e. The Bertz CT molecular complexity index is 473. The number of carboxylic acids is 1. The molecule has 2 heterocycles. The van der Waals surface area contributed by atoms with Crippen molar-refractivity contribution in [3.63, 3.8) is 0 Å². The van der Waals surface area contributed by atoms with E-state index in [9.17, 15) is 9.90 Å². The second-order valence-electron chi connectivity index (χ2n) is 5.53. The van der Waals surface area contributed by atoms with Gasteiger partial charge in [-0.3, -0.25) is 9.69 Å². The van der Waals surface area contributed by atoms with Crippen LogP contribution in [0.2, 0.25) is 0 Å². The minimum atomic E-state index is -0.714. The molecule has 0 radical (unpaired) electrons. The summed E-state index contributed by atoms with van der Waals surface area (Å²) < 4.78 is 5.08. The first-order valence-electron chi connectivity index (χ1n) is 6.97. The zero-order valence-corrected chi connectivity index (χ0v) is 11.1. The molecule has 3 unspecified atom stereocenters. The van der Waals surface area contributed by atoms with Crippen molar-refractivity contribution in [2.45, 2.75) is 45.2 Å². The minimum Gasteiger partial charge on any atom is -0.480 e. The highest BCUT2D eigenvalue weighted by Crippen LogP contribution is 2.42. The third-order valence-corrected chi connectivity index (χ3v) is 4.40. The topological polar surface area (TPSA) is 79.5 Å². The van der Waals surface area contributed by atoms with E-state index in [2.05, 4.69) is 10.1 Å². The van der Waals surface area contributed by atoms with Gasteiger partial charge in [0.1, 0.15) is 6.04 Å². The Balaban J connectivity index is 1.74. The van der Waals surface area contributed by atoms with E-state index in [0.29, 0.717) is 36.5 Å². The molecule has 2 fully saturated rings. The first-order chi connectivity index (χ1) is 9.19. The van der Waals surface area contributed by atoms with Crippen LogP contribution in [0.15, 0.2) is 4.52 Å². The Morgan fingerprint density at radius 1 is 1.53 bits per heavy atom. The van der Waals surface area contributed by atoms with E-state index in [4.69, 9.17) is 4.52 Å². The van der Waals surface area contributed by atoms with Gasteiger partial charge in [-0.1, -0.05) is 18.5 Å². The summed E-state index contributed by atoms with van der Waals surface area (Å²) in [4.78, 5) is 17.8. The minimum absolute atomic E-state index is 0.301. The van der Waals surface area contributed by atoms with Crippen molar-refractivity contribution >= 4 is 5.97 Å². The summed E-state index contributed by atoms with van der Waals surface area (Å²) in [6, 6.07) is -0.379. The monoisotopic (exact) mass is 265 g/mol. The second-order valence-corrected chi connectivity index (χ2v) is 5.53. The molecule has 0 spiro atoms. The zero-order chi connectivity index (χ0) is 13.4. The van der Waals surface area contributed by atoms with Crippen molar-refractivity contribution in [1.29, 1.82) is 0 Å². The van der Waals surface area contributed by atoms with Crippen LogP contribution in [0.3, 0.4) is 0 Å². The summed E-state index contributed by atoms with van der Waals surface area (Å²) in [6.45, 7) is 3.28. The normalized spacial score (nSPS) is 30.7. The molecule has 1 saturated carbocycles. The molecule has 1 aliphatic carbocycles. The van der Waals surface area contributed by atoms with Crippen molar-refractivity contribution in [2.75, 3.05) is 6.54 Å². The molecule has 1 aliphatic heterocycles. The number of aryl methyl sites for hydroxylation is 1. The zero-order valence-electron chi connectivity index (χ0n) is 11.1. The lowest BCUT2D eigenvalue weighted by molar-refractivity contribution is -0.143. The van der Waals surface area contributed by atoms with Gasteiger partial charge in [0.15, 0.2) is 5.82 Å². The van der Waals surface area contributed by atoms with Gasteiger partial charge in [0.25, 0.3) is 0 Å². The number of carboxylic acid groups (broad SMARTS) is 1. The highest BCUT2D eigenvalue weighted by molar-refractivity contribution is 5.74. The number of fused-ring (bicyclic) bond motifs is 1. The number of aliphatic carboxylic acids is 1. The van der Waals surface area contributed by atoms with E-state index in [1.165, 1.54) is 0 Å². The van der Waals surface area contributed by atoms with E-state index < -0.39 is 5.97 Å². The highest BCUT2D eigenvalue weighted by Gasteiger charge is 2.47. The predicted molar refractivity (Wildman–Crippen MR) is 66.3 cm³/mol. The van der Waals surface area contributed by atoms with Gasteiger partial charge in [-0.2, -0.15) is 4.98 Å². The van der Waals surface area contributed by atoms with Crippen LogP contribution < -0.4 is 0 Å². The van der Waals surface area contributed by atoms with Gasteiger partial charge in [-0.25, -0.2) is 0 Å². The third-order valence-electron chi connectivity index (χ3n) is 4.40. The molecule has 0 bridgehead atoms. The fraction of sp³-hybridized carbons (Fsp3) is 0.769. The van der Waals surface area contributed by atoms with Gasteiger partial charge in [0, 0.05) is 13.0 Å². The third kappa shape index (κ3) is 2.25. The van der Waals surface area contributed by atoms with Crippen molar-refractivity contribution in [2.24, 2.45) is 11.8 Å². The van der Waals surface area contributed by atoms with Gasteiger partial charge in [0.05, 0.1) is 6.54 Å². The lowest BCUT2D eigenvalue weighted by atomic mass is 9.94. The molecule has 6 nitrogen and oxygen atoms in total. The largest absolute Gasteiger partial charge is 0.480 e. The molecule has 0 amide bonds. The van der Waals surface area contributed by atoms with Gasteiger partial charge in [-0.05, 0) is 24.7 Å². The maximum atomic E-state index is 11.5. The summed E-state index contributed by atoms with van der Waals surface area (Å²) >= 11 is 0. The molecule has 1 saturated heterocycles. The van der Waals surface area contributed by atoms with E-state index in [-0.39, 0.29) is 6.04 Å². The van der Waals surface area contributed by atoms with Crippen molar-refractivity contribution in [1.82, 2.24) is 15.0 Å². The van der Waals surface area contributed by atoms with Crippen LogP contribution in [-0.4, -0.2) is 38.7 Å². The maximum absolute atomic E-state index is 11.5. The Morgan fingerprint density at radius 3 is 3.05 bits per heavy atom. The molecule has 1 aromatic heterocycles. The number of likely N-dealkylation sites (tertiary alicyclic amines) is 1. The fourth-order valence-corrected chi connectivity index (χ4v) is 3.58. The molecular formula is C13H19N3O3. The Labute approximate surface area is 111 Å². The summed E-state index contributed by atoms with van der Waals surface area (Å²) in [5, 5.41) is 13.4. The first kappa shape index (κ1) is 12.6. The van der Waals surface area contributed by atoms with Gasteiger partial charge in [-0.15, -0.1) is 0 Å². The fourth-order valence-electron chi connectivity index (χ4n) is 3.58. The Hall–Kier alpha value is -1.43. The van der Waals surface area contributed by atoms with Crippen LogP contribution in [-0.2, 0) is 17.8 Å². The quantitative estimate of drug-likeness (QED) is 0.884. The van der Waals surface area contributed by atoms with E-state index >= 15 is 0 Å². The Kier molecular flexibility index (Phi) is 3.26. The number of aromatic nitrogens is 2. The lowest BCUT2D eigenvalue weighted by Crippen LogP contribution is -2.39. The standard InChI is InChI=1S/C13H19N3O3/c1-2-11-14-10(15-19-11)7-16-6-8-4-3-5-9(8)12(16)13(17)18/h8-9,12H,2-7H2,1H3,(H,17,18). The van der Waals surface area contributed by atoms with E-state index in [0.717, 1.165) is 25.8 Å². The molecule has 104 valence electrons. The summed E-state index contributed by atoms with van der Waals surface area (Å²) in [5.41, 5.74) is 0. The number of hydrogen-bond donors (Lipinski definition) is 1. The average molecular weight is 265 g/mol. The van der Waals surface area contributed by atoms with Crippen molar-refractivity contribution < 1.29 is 14.4 Å². The molecule has 6 heteroatoms. The second kappa shape index (κ2) is 4.92. The molecule has 1 N–H and O–H groups in total. The van der Waals surface area contributed by atoms with E-state index in [1.807, 2.05) is 11.8 Å². The molecule has 3 rings (SSSR count). The average Bonchev–Trinajstić information content (AvgIpc) is 3.03. The molecule has 1 aromatic rings.